The molecule has 0 unspecified atom stereocenters. The fourth-order valence-electron chi connectivity index (χ4n) is 2.83. The van der Waals surface area contributed by atoms with E-state index >= 15 is 0 Å². The van der Waals surface area contributed by atoms with Gasteiger partial charge >= 0.3 is 0 Å². The summed E-state index contributed by atoms with van der Waals surface area (Å²) in [6, 6.07) is 19.2. The first-order valence-electron chi connectivity index (χ1n) is 9.28. The van der Waals surface area contributed by atoms with Crippen molar-refractivity contribution in [3.63, 3.8) is 0 Å². The zero-order valence-corrected chi connectivity index (χ0v) is 18.5. The molecule has 3 aromatic carbocycles. The fraction of sp³-hybridized carbons (Fsp3) is 0.0833. The third kappa shape index (κ3) is 5.59. The molecule has 4 nitrogen and oxygen atoms in total. The van der Waals surface area contributed by atoms with Gasteiger partial charge in [-0.1, -0.05) is 57.9 Å². The normalized spacial score (nSPS) is 10.8. The number of hydrogen-bond acceptors (Lipinski definition) is 3. The van der Waals surface area contributed by atoms with Crippen LogP contribution in [0.4, 0.5) is 5.69 Å². The van der Waals surface area contributed by atoms with Crippen LogP contribution >= 0.6 is 27.5 Å². The third-order valence-electron chi connectivity index (χ3n) is 4.21. The molecule has 1 N–H and O–H groups in total. The van der Waals surface area contributed by atoms with Crippen LogP contribution in [0.25, 0.3) is 6.08 Å². The van der Waals surface area contributed by atoms with Crippen molar-refractivity contribution >= 4 is 51.0 Å². The predicted octanol–water partition coefficient (Wildman–Crippen LogP) is 6.38. The Bertz CT molecular complexity index is 1100. The Morgan fingerprint density at radius 1 is 1.07 bits per heavy atom. The second-order valence-corrected chi connectivity index (χ2v) is 7.67. The number of halogens is 2. The third-order valence-corrected chi connectivity index (χ3v) is 4.93. The molecule has 0 radical (unpaired) electrons. The molecule has 0 spiro atoms. The first-order chi connectivity index (χ1) is 14.5. The van der Waals surface area contributed by atoms with Crippen molar-refractivity contribution in [3.05, 3.63) is 99.0 Å². The van der Waals surface area contributed by atoms with Crippen molar-refractivity contribution in [2.75, 3.05) is 11.9 Å². The number of amides is 1. The molecule has 0 saturated heterocycles. The predicted molar refractivity (Wildman–Crippen MR) is 124 cm³/mol. The van der Waals surface area contributed by atoms with Gasteiger partial charge in [0.05, 0.1) is 12.3 Å². The quantitative estimate of drug-likeness (QED) is 0.312. The molecule has 0 fully saturated rings. The number of anilines is 1. The number of carbonyl (C=O) groups excluding carboxylic acids is 2. The topological polar surface area (TPSA) is 55.4 Å². The number of carbonyl (C=O) groups is 2. The number of ketones is 1. The van der Waals surface area contributed by atoms with Crippen LogP contribution in [0.1, 0.15) is 28.4 Å². The van der Waals surface area contributed by atoms with Crippen LogP contribution in [0.5, 0.6) is 5.75 Å². The van der Waals surface area contributed by atoms with E-state index in [4.69, 9.17) is 16.3 Å². The second-order valence-electron chi connectivity index (χ2n) is 6.32. The van der Waals surface area contributed by atoms with Gasteiger partial charge in [-0.25, -0.2) is 0 Å². The van der Waals surface area contributed by atoms with Gasteiger partial charge in [0.2, 0.25) is 5.91 Å². The molecule has 0 atom stereocenters. The van der Waals surface area contributed by atoms with Crippen molar-refractivity contribution < 1.29 is 14.3 Å². The van der Waals surface area contributed by atoms with Crippen molar-refractivity contribution in [1.82, 2.24) is 0 Å². The summed E-state index contributed by atoms with van der Waals surface area (Å²) in [5, 5.41) is 3.18. The molecule has 3 aromatic rings. The van der Waals surface area contributed by atoms with Crippen LogP contribution in [-0.2, 0) is 4.79 Å². The number of rotatable bonds is 7. The van der Waals surface area contributed by atoms with Gasteiger partial charge in [-0.15, -0.1) is 0 Å². The Balaban J connectivity index is 1.83. The van der Waals surface area contributed by atoms with Gasteiger partial charge in [-0.05, 0) is 49.4 Å². The van der Waals surface area contributed by atoms with E-state index in [9.17, 15) is 9.59 Å². The maximum atomic E-state index is 12.9. The van der Waals surface area contributed by atoms with Crippen LogP contribution < -0.4 is 10.1 Å². The van der Waals surface area contributed by atoms with Crippen LogP contribution in [0.3, 0.4) is 0 Å². The minimum atomic E-state index is -0.373. The van der Waals surface area contributed by atoms with Gasteiger partial charge in [0.1, 0.15) is 5.75 Å². The highest BCUT2D eigenvalue weighted by molar-refractivity contribution is 9.10. The minimum Gasteiger partial charge on any atom is -0.493 e. The molecule has 152 valence electrons. The van der Waals surface area contributed by atoms with Gasteiger partial charge in [0.15, 0.2) is 5.78 Å². The number of hydrogen-bond donors (Lipinski definition) is 1. The fourth-order valence-corrected chi connectivity index (χ4v) is 3.39. The monoisotopic (exact) mass is 483 g/mol. The number of ether oxygens (including phenoxy) is 1. The SMILES string of the molecule is CCOc1ccc(Br)cc1C=CC(=O)Nc1ccc(Cl)cc1C(=O)c1ccccc1. The molecular formula is C24H19BrClNO3. The molecule has 3 rings (SSSR count). The number of benzene rings is 3. The minimum absolute atomic E-state index is 0.219. The largest absolute Gasteiger partial charge is 0.493 e. The van der Waals surface area contributed by atoms with E-state index in [-0.39, 0.29) is 11.7 Å². The lowest BCUT2D eigenvalue weighted by Gasteiger charge is -2.10. The van der Waals surface area contributed by atoms with E-state index in [0.29, 0.717) is 34.2 Å². The molecule has 0 aliphatic heterocycles. The standard InChI is InChI=1S/C24H19BrClNO3/c1-2-30-22-12-9-18(25)14-17(22)8-13-23(28)27-21-11-10-19(26)15-20(21)24(29)16-6-4-3-5-7-16/h3-15H,2H2,1H3,(H,27,28). The summed E-state index contributed by atoms with van der Waals surface area (Å²) in [4.78, 5) is 25.4. The smallest absolute Gasteiger partial charge is 0.248 e. The molecule has 30 heavy (non-hydrogen) atoms. The van der Waals surface area contributed by atoms with E-state index in [1.807, 2.05) is 31.2 Å². The molecule has 1 amide bonds. The first kappa shape index (κ1) is 21.8. The summed E-state index contributed by atoms with van der Waals surface area (Å²) in [7, 11) is 0. The molecule has 0 aliphatic carbocycles. The van der Waals surface area contributed by atoms with Crippen molar-refractivity contribution in [2.24, 2.45) is 0 Å². The molecule has 0 heterocycles. The van der Waals surface area contributed by atoms with Crippen LogP contribution in [0.15, 0.2) is 77.3 Å². The maximum Gasteiger partial charge on any atom is 0.248 e. The summed E-state index contributed by atoms with van der Waals surface area (Å²) in [5.74, 6) is 0.0843. The van der Waals surface area contributed by atoms with Crippen molar-refractivity contribution in [2.45, 2.75) is 6.92 Å². The Labute approximate surface area is 188 Å². The first-order valence-corrected chi connectivity index (χ1v) is 10.5. The molecule has 0 aliphatic rings. The lowest BCUT2D eigenvalue weighted by molar-refractivity contribution is -0.111. The van der Waals surface area contributed by atoms with Gasteiger partial charge in [0.25, 0.3) is 0 Å². The second kappa shape index (κ2) is 10.2. The van der Waals surface area contributed by atoms with Gasteiger partial charge in [0, 0.05) is 32.3 Å². The molecule has 6 heteroatoms. The highest BCUT2D eigenvalue weighted by atomic mass is 79.9. The van der Waals surface area contributed by atoms with Crippen LogP contribution in [0.2, 0.25) is 5.02 Å². The maximum absolute atomic E-state index is 12.9. The Morgan fingerprint density at radius 3 is 2.57 bits per heavy atom. The van der Waals surface area contributed by atoms with Crippen LogP contribution in [0, 0.1) is 0 Å². The van der Waals surface area contributed by atoms with Gasteiger partial charge in [-0.3, -0.25) is 9.59 Å². The summed E-state index contributed by atoms with van der Waals surface area (Å²) >= 11 is 9.51. The summed E-state index contributed by atoms with van der Waals surface area (Å²) in [6.45, 7) is 2.42. The molecule has 0 aromatic heterocycles. The van der Waals surface area contributed by atoms with E-state index in [0.717, 1.165) is 10.0 Å². The van der Waals surface area contributed by atoms with Gasteiger partial charge in [-0.2, -0.15) is 0 Å². The van der Waals surface area contributed by atoms with Crippen molar-refractivity contribution in [3.8, 4) is 5.75 Å². The lowest BCUT2D eigenvalue weighted by Crippen LogP contribution is -2.13. The van der Waals surface area contributed by atoms with Crippen molar-refractivity contribution in [1.29, 1.82) is 0 Å². The summed E-state index contributed by atoms with van der Waals surface area (Å²) < 4.78 is 6.47. The lowest BCUT2D eigenvalue weighted by atomic mass is 10.0. The molecular weight excluding hydrogens is 466 g/mol. The van der Waals surface area contributed by atoms with Crippen LogP contribution in [-0.4, -0.2) is 18.3 Å². The highest BCUT2D eigenvalue weighted by Gasteiger charge is 2.15. The number of nitrogens with one attached hydrogen (secondary N) is 1. The Kier molecular flexibility index (Phi) is 7.44. The highest BCUT2D eigenvalue weighted by Crippen LogP contribution is 2.26. The average molecular weight is 485 g/mol. The zero-order valence-electron chi connectivity index (χ0n) is 16.2. The van der Waals surface area contributed by atoms with E-state index in [1.54, 1.807) is 48.5 Å². The summed E-state index contributed by atoms with van der Waals surface area (Å²) in [6.07, 6.45) is 3.06. The zero-order chi connectivity index (χ0) is 21.5. The Morgan fingerprint density at radius 2 is 1.83 bits per heavy atom. The molecule has 0 bridgehead atoms. The summed E-state index contributed by atoms with van der Waals surface area (Å²) in [5.41, 5.74) is 1.99. The van der Waals surface area contributed by atoms with Gasteiger partial charge < -0.3 is 10.1 Å². The van der Waals surface area contributed by atoms with E-state index in [1.165, 1.54) is 6.08 Å². The van der Waals surface area contributed by atoms with E-state index in [2.05, 4.69) is 21.2 Å². The molecule has 0 saturated carbocycles. The Hall–Kier alpha value is -2.89. The average Bonchev–Trinajstić information content (AvgIpc) is 2.75. The van der Waals surface area contributed by atoms with E-state index < -0.39 is 0 Å².